The van der Waals surface area contributed by atoms with Gasteiger partial charge in [0.25, 0.3) is 0 Å². The number of rotatable bonds is 8. The standard InChI is InChI=1S/C71H48N12O4/c1-9-53-54-10-2-34-73-62(54)80(61(53)72-33-1)49-25-17-45(18-26-49)70(46-19-27-50(28-20-46)81-63-55(11-3-35-74-63)56-12-4-36-75-64(56)81)84-41-69(42-85-70)43-86-71(87-44-69,47-21-29-51(30-22-47)82-65-57(13-5-37-76-65)58-14-6-38-77-66(58)82)48-23-31-52(32-24-48)83-67-59(15-7-39-78-67)60-16-8-40-79-68(60)83/h1-40H,41-44H2. The van der Waals surface area contributed by atoms with Crippen molar-refractivity contribution in [1.82, 2.24) is 58.1 Å². The summed E-state index contributed by atoms with van der Waals surface area (Å²) in [5.41, 5.74) is 12.7. The van der Waals surface area contributed by atoms with Crippen molar-refractivity contribution >= 4 is 88.3 Å². The van der Waals surface area contributed by atoms with Gasteiger partial charge >= 0.3 is 0 Å². The molecule has 416 valence electrons. The summed E-state index contributed by atoms with van der Waals surface area (Å²) in [6, 6.07) is 65.7. The highest BCUT2D eigenvalue weighted by atomic mass is 16.7. The van der Waals surface area contributed by atoms with E-state index in [1.807, 2.05) is 98.1 Å². The first-order chi connectivity index (χ1) is 43.0. The predicted octanol–water partition coefficient (Wildman–Crippen LogP) is 13.4. The lowest BCUT2D eigenvalue weighted by atomic mass is 9.85. The third kappa shape index (κ3) is 7.39. The normalized spacial score (nSPS) is 15.7. The molecule has 18 rings (SSSR count). The van der Waals surface area contributed by atoms with Gasteiger partial charge < -0.3 is 18.9 Å². The van der Waals surface area contributed by atoms with Gasteiger partial charge in [-0.2, -0.15) is 0 Å². The predicted molar refractivity (Wildman–Crippen MR) is 333 cm³/mol. The Balaban J connectivity index is 0.718. The molecule has 0 atom stereocenters. The van der Waals surface area contributed by atoms with E-state index in [0.717, 1.165) is 133 Å². The summed E-state index contributed by atoms with van der Waals surface area (Å²) in [6.07, 6.45) is 14.5. The first-order valence-corrected chi connectivity index (χ1v) is 28.9. The van der Waals surface area contributed by atoms with E-state index in [2.05, 4.69) is 164 Å². The van der Waals surface area contributed by atoms with Crippen LogP contribution in [-0.2, 0) is 30.5 Å². The number of hydrogen-bond donors (Lipinski definition) is 0. The molecule has 0 bridgehead atoms. The molecule has 87 heavy (non-hydrogen) atoms. The van der Waals surface area contributed by atoms with Gasteiger partial charge in [0.1, 0.15) is 45.2 Å². The topological polar surface area (TPSA) is 160 Å². The Hall–Kier alpha value is -10.9. The molecule has 16 heteroatoms. The third-order valence-corrected chi connectivity index (χ3v) is 17.5. The summed E-state index contributed by atoms with van der Waals surface area (Å²) in [4.78, 5) is 38.6. The van der Waals surface area contributed by atoms with Crippen molar-refractivity contribution in [2.24, 2.45) is 5.41 Å². The van der Waals surface area contributed by atoms with E-state index in [4.69, 9.17) is 58.8 Å². The molecular weight excluding hydrogens is 1080 g/mol. The Bertz CT molecular complexity index is 4500. The van der Waals surface area contributed by atoms with Crippen molar-refractivity contribution in [1.29, 1.82) is 0 Å². The maximum atomic E-state index is 7.33. The van der Waals surface area contributed by atoms with Crippen LogP contribution in [0.25, 0.3) is 111 Å². The Morgan fingerprint density at radius 3 is 0.575 bits per heavy atom. The summed E-state index contributed by atoms with van der Waals surface area (Å²) in [5.74, 6) is -2.69. The Morgan fingerprint density at radius 2 is 0.402 bits per heavy atom. The highest BCUT2D eigenvalue weighted by molar-refractivity contribution is 6.09. The third-order valence-electron chi connectivity index (χ3n) is 17.5. The fraction of sp³-hybridized carbons (Fsp3) is 0.0986. The van der Waals surface area contributed by atoms with Crippen LogP contribution in [0.3, 0.4) is 0 Å². The van der Waals surface area contributed by atoms with Crippen LogP contribution in [0, 0.1) is 5.41 Å². The molecule has 0 radical (unpaired) electrons. The first kappa shape index (κ1) is 49.5. The van der Waals surface area contributed by atoms with E-state index >= 15 is 0 Å². The van der Waals surface area contributed by atoms with Crippen molar-refractivity contribution in [3.05, 3.63) is 266 Å². The molecule has 0 saturated carbocycles. The van der Waals surface area contributed by atoms with Crippen molar-refractivity contribution in [3.63, 3.8) is 0 Å². The molecule has 2 aliphatic heterocycles. The van der Waals surface area contributed by atoms with E-state index in [1.165, 1.54) is 0 Å². The minimum absolute atomic E-state index is 0.243. The lowest BCUT2D eigenvalue weighted by molar-refractivity contribution is -0.357. The second-order valence-electron chi connectivity index (χ2n) is 22.4. The summed E-state index contributed by atoms with van der Waals surface area (Å²) in [6.45, 7) is 0.974. The van der Waals surface area contributed by atoms with Crippen LogP contribution in [0.1, 0.15) is 22.3 Å². The van der Waals surface area contributed by atoms with Gasteiger partial charge in [-0.05, 0) is 146 Å². The highest BCUT2D eigenvalue weighted by Gasteiger charge is 2.53. The summed E-state index contributed by atoms with van der Waals surface area (Å²) < 4.78 is 37.7. The fourth-order valence-electron chi connectivity index (χ4n) is 13.3. The van der Waals surface area contributed by atoms with E-state index in [0.29, 0.717) is 0 Å². The maximum absolute atomic E-state index is 7.33. The molecule has 1 spiro atoms. The van der Waals surface area contributed by atoms with Crippen molar-refractivity contribution in [2.45, 2.75) is 11.6 Å². The molecule has 14 heterocycles. The number of aromatic nitrogens is 12. The Labute approximate surface area is 495 Å². The van der Waals surface area contributed by atoms with Gasteiger partial charge in [-0.1, -0.05) is 48.5 Å². The maximum Gasteiger partial charge on any atom is 0.222 e. The summed E-state index contributed by atoms with van der Waals surface area (Å²) >= 11 is 0. The quantitative estimate of drug-likeness (QED) is 0.142. The second kappa shape index (κ2) is 19.1. The lowest BCUT2D eigenvalue weighted by Crippen LogP contribution is -2.57. The van der Waals surface area contributed by atoms with E-state index in [1.54, 1.807) is 0 Å². The molecule has 16 nitrogen and oxygen atoms in total. The van der Waals surface area contributed by atoms with E-state index in [9.17, 15) is 0 Å². The van der Waals surface area contributed by atoms with Crippen molar-refractivity contribution in [3.8, 4) is 22.7 Å². The monoisotopic (exact) mass is 1130 g/mol. The van der Waals surface area contributed by atoms with Gasteiger partial charge in [0.15, 0.2) is 0 Å². The zero-order valence-electron chi connectivity index (χ0n) is 46.4. The van der Waals surface area contributed by atoms with Gasteiger partial charge in [-0.3, -0.25) is 18.3 Å². The fourth-order valence-corrected chi connectivity index (χ4v) is 13.3. The molecular formula is C71H48N12O4. The minimum atomic E-state index is -1.34. The minimum Gasteiger partial charge on any atom is -0.341 e. The van der Waals surface area contributed by atoms with Crippen LogP contribution in [0.15, 0.2) is 244 Å². The second-order valence-corrected chi connectivity index (χ2v) is 22.4. The van der Waals surface area contributed by atoms with Crippen LogP contribution in [0.4, 0.5) is 0 Å². The van der Waals surface area contributed by atoms with Crippen molar-refractivity contribution in [2.75, 3.05) is 26.4 Å². The molecule has 0 unspecified atom stereocenters. The van der Waals surface area contributed by atoms with Gasteiger partial charge in [-0.15, -0.1) is 0 Å². The molecule has 2 saturated heterocycles. The van der Waals surface area contributed by atoms with Crippen LogP contribution >= 0.6 is 0 Å². The van der Waals surface area contributed by atoms with Gasteiger partial charge in [0.2, 0.25) is 11.6 Å². The molecule has 0 amide bonds. The van der Waals surface area contributed by atoms with Gasteiger partial charge in [0.05, 0.1) is 31.8 Å². The molecule has 16 aromatic rings. The van der Waals surface area contributed by atoms with Crippen LogP contribution in [0.2, 0.25) is 0 Å². The summed E-state index contributed by atoms with van der Waals surface area (Å²) in [7, 11) is 0. The van der Waals surface area contributed by atoms with Crippen molar-refractivity contribution < 1.29 is 18.9 Å². The zero-order valence-corrected chi connectivity index (χ0v) is 46.4. The Kier molecular flexibility index (Phi) is 10.9. The number of nitrogens with zero attached hydrogens (tertiary/aromatic N) is 12. The molecule has 2 fully saturated rings. The van der Waals surface area contributed by atoms with Gasteiger partial charge in [0, 0.05) is 138 Å². The largest absolute Gasteiger partial charge is 0.341 e. The van der Waals surface area contributed by atoms with Crippen LogP contribution < -0.4 is 0 Å². The number of benzene rings is 4. The van der Waals surface area contributed by atoms with E-state index < -0.39 is 17.0 Å². The lowest BCUT2D eigenvalue weighted by Gasteiger charge is -2.51. The molecule has 0 aliphatic carbocycles. The van der Waals surface area contributed by atoms with Crippen LogP contribution in [-0.4, -0.2) is 84.6 Å². The number of fused-ring (bicyclic) bond motifs is 12. The van der Waals surface area contributed by atoms with E-state index in [-0.39, 0.29) is 26.4 Å². The molecule has 4 aromatic carbocycles. The molecule has 2 aliphatic rings. The zero-order chi connectivity index (χ0) is 57.3. The number of hydrogen-bond acceptors (Lipinski definition) is 12. The molecule has 0 N–H and O–H groups in total. The first-order valence-electron chi connectivity index (χ1n) is 28.9. The molecule has 12 aromatic heterocycles. The average Bonchev–Trinajstić information content (AvgIpc) is 1.94. The highest BCUT2D eigenvalue weighted by Crippen LogP contribution is 2.49. The smallest absolute Gasteiger partial charge is 0.222 e. The summed E-state index contributed by atoms with van der Waals surface area (Å²) in [5, 5.41) is 8.21. The number of pyridine rings is 8. The SMILES string of the molecule is c1cnc2c(c1)c1cccnc1n2-c1ccc(C2(c3ccc(-n4c5ncccc5c5cccnc54)cc3)OCC3(CO2)COC(c2ccc(-n4c5ncccc5c5cccnc54)cc2)(c2ccc(-n4c5ncccc5c5cccnc54)cc2)OC3)cc1. The Morgan fingerprint density at radius 1 is 0.230 bits per heavy atom. The van der Waals surface area contributed by atoms with Gasteiger partial charge in [-0.25, -0.2) is 39.9 Å². The van der Waals surface area contributed by atoms with Crippen LogP contribution in [0.5, 0.6) is 0 Å². The average molecular weight is 1130 g/mol. The number of ether oxygens (including phenoxy) is 4.